The van der Waals surface area contributed by atoms with Crippen LogP contribution in [0, 0.1) is 6.92 Å². The molecule has 2 aromatic heterocycles. The van der Waals surface area contributed by atoms with Gasteiger partial charge in [0.25, 0.3) is 5.56 Å². The number of hydrogen-bond donors (Lipinski definition) is 1. The van der Waals surface area contributed by atoms with Gasteiger partial charge in [-0.25, -0.2) is 4.79 Å². The number of halogens is 3. The van der Waals surface area contributed by atoms with Crippen molar-refractivity contribution < 1.29 is 27.8 Å². The maximum absolute atomic E-state index is 13.4. The normalized spacial score (nSPS) is 11.7. The molecule has 0 amide bonds. The number of benzene rings is 2. The Bertz CT molecular complexity index is 1500. The first-order valence-corrected chi connectivity index (χ1v) is 11.0. The highest BCUT2D eigenvalue weighted by atomic mass is 19.4. The fraction of sp³-hybridized carbons (Fsp3) is 0.292. The third-order valence-electron chi connectivity index (χ3n) is 5.45. The number of aliphatic hydroxyl groups is 1. The van der Waals surface area contributed by atoms with Crippen molar-refractivity contribution in [1.82, 2.24) is 18.7 Å². The number of aliphatic hydroxyl groups excluding tert-OH is 1. The van der Waals surface area contributed by atoms with E-state index in [9.17, 15) is 27.9 Å². The second-order valence-corrected chi connectivity index (χ2v) is 8.14. The molecule has 0 aliphatic rings. The number of rotatable bonds is 8. The van der Waals surface area contributed by atoms with E-state index in [1.165, 1.54) is 28.3 Å². The molecule has 12 heteroatoms. The number of ether oxygens (including phenoxy) is 2. The van der Waals surface area contributed by atoms with Crippen LogP contribution in [0.4, 0.5) is 13.2 Å². The zero-order valence-corrected chi connectivity index (χ0v) is 19.5. The first kappa shape index (κ1) is 25.0. The lowest BCUT2D eigenvalue weighted by atomic mass is 10.1. The standard InChI is InChI=1S/C24H23F3N4O5/c1-15-7-9-16(10-8-15)14-31-19-20(29(2)23(34)30(21(19)33)11-4-12-32)28-22(31)35-17-5-3-6-18(13-17)36-24(25,26)27/h3,5-10,13,32H,4,11-12,14H2,1-2H3. The molecule has 1 N–H and O–H groups in total. The lowest BCUT2D eigenvalue weighted by Gasteiger charge is -2.12. The van der Waals surface area contributed by atoms with Gasteiger partial charge in [0, 0.05) is 26.3 Å². The summed E-state index contributed by atoms with van der Waals surface area (Å²) in [6.45, 7) is 1.86. The van der Waals surface area contributed by atoms with Crippen molar-refractivity contribution in [1.29, 1.82) is 0 Å². The second-order valence-electron chi connectivity index (χ2n) is 8.14. The van der Waals surface area contributed by atoms with Crippen LogP contribution >= 0.6 is 0 Å². The molecule has 4 rings (SSSR count). The maximum Gasteiger partial charge on any atom is 0.573 e. The van der Waals surface area contributed by atoms with E-state index >= 15 is 0 Å². The van der Waals surface area contributed by atoms with Gasteiger partial charge >= 0.3 is 18.1 Å². The quantitative estimate of drug-likeness (QED) is 0.395. The first-order chi connectivity index (χ1) is 17.1. The summed E-state index contributed by atoms with van der Waals surface area (Å²) < 4.78 is 51.4. The van der Waals surface area contributed by atoms with Gasteiger partial charge in [0.15, 0.2) is 11.2 Å². The molecule has 0 saturated heterocycles. The van der Waals surface area contributed by atoms with E-state index < -0.39 is 23.4 Å². The lowest BCUT2D eigenvalue weighted by molar-refractivity contribution is -0.274. The Morgan fingerprint density at radius 3 is 2.39 bits per heavy atom. The topological polar surface area (TPSA) is 101 Å². The zero-order valence-electron chi connectivity index (χ0n) is 19.5. The minimum absolute atomic E-state index is 0.000670. The Labute approximate surface area is 202 Å². The molecule has 2 aromatic carbocycles. The van der Waals surface area contributed by atoms with Crippen LogP contribution in [0.15, 0.2) is 58.1 Å². The van der Waals surface area contributed by atoms with Crippen LogP contribution in [0.2, 0.25) is 0 Å². The lowest BCUT2D eigenvalue weighted by Crippen LogP contribution is -2.39. The summed E-state index contributed by atoms with van der Waals surface area (Å²) in [5.74, 6) is -0.497. The summed E-state index contributed by atoms with van der Waals surface area (Å²) in [4.78, 5) is 30.5. The molecule has 4 aromatic rings. The largest absolute Gasteiger partial charge is 0.573 e. The fourth-order valence-electron chi connectivity index (χ4n) is 3.72. The number of hydrogen-bond acceptors (Lipinski definition) is 6. The van der Waals surface area contributed by atoms with E-state index in [1.54, 1.807) is 0 Å². The maximum atomic E-state index is 13.4. The molecule has 2 heterocycles. The molecule has 9 nitrogen and oxygen atoms in total. The predicted octanol–water partition coefficient (Wildman–Crippen LogP) is 3.33. The van der Waals surface area contributed by atoms with Gasteiger partial charge in [-0.2, -0.15) is 4.98 Å². The van der Waals surface area contributed by atoms with Crippen molar-refractivity contribution in [2.45, 2.75) is 32.8 Å². The van der Waals surface area contributed by atoms with Crippen LogP contribution in [0.5, 0.6) is 17.5 Å². The van der Waals surface area contributed by atoms with Crippen LogP contribution in [0.3, 0.4) is 0 Å². The summed E-state index contributed by atoms with van der Waals surface area (Å²) in [6, 6.07) is 12.3. The van der Waals surface area contributed by atoms with E-state index in [1.807, 2.05) is 31.2 Å². The van der Waals surface area contributed by atoms with Gasteiger partial charge in [-0.15, -0.1) is 13.2 Å². The average Bonchev–Trinajstić information content (AvgIpc) is 3.16. The average molecular weight is 504 g/mol. The van der Waals surface area contributed by atoms with Crippen molar-refractivity contribution >= 4 is 11.2 Å². The predicted molar refractivity (Wildman–Crippen MR) is 124 cm³/mol. The number of aromatic nitrogens is 4. The molecule has 0 fully saturated rings. The Morgan fingerprint density at radius 2 is 1.72 bits per heavy atom. The minimum atomic E-state index is -4.88. The van der Waals surface area contributed by atoms with Crippen molar-refractivity contribution in [3.05, 3.63) is 80.5 Å². The van der Waals surface area contributed by atoms with Gasteiger partial charge in [0.05, 0.1) is 6.54 Å². The summed E-state index contributed by atoms with van der Waals surface area (Å²) in [5.41, 5.74) is 0.719. The van der Waals surface area contributed by atoms with E-state index in [0.29, 0.717) is 0 Å². The highest BCUT2D eigenvalue weighted by molar-refractivity contribution is 5.72. The van der Waals surface area contributed by atoms with Gasteiger partial charge in [-0.05, 0) is 31.0 Å². The van der Waals surface area contributed by atoms with Crippen molar-refractivity contribution in [3.63, 3.8) is 0 Å². The highest BCUT2D eigenvalue weighted by Crippen LogP contribution is 2.30. The molecule has 0 atom stereocenters. The SMILES string of the molecule is Cc1ccc(Cn2c(Oc3cccc(OC(F)(F)F)c3)nc3c2c(=O)n(CCCO)c(=O)n3C)cc1. The van der Waals surface area contributed by atoms with Gasteiger partial charge < -0.3 is 14.6 Å². The second kappa shape index (κ2) is 9.90. The zero-order chi connectivity index (χ0) is 26.0. The molecule has 0 radical (unpaired) electrons. The number of aryl methyl sites for hydroxylation is 2. The van der Waals surface area contributed by atoms with E-state index in [0.717, 1.165) is 27.8 Å². The van der Waals surface area contributed by atoms with Crippen LogP contribution in [0.25, 0.3) is 11.2 Å². The molecule has 190 valence electrons. The van der Waals surface area contributed by atoms with E-state index in [-0.39, 0.29) is 49.0 Å². The third-order valence-corrected chi connectivity index (χ3v) is 5.45. The van der Waals surface area contributed by atoms with Crippen molar-refractivity contribution in [3.8, 4) is 17.5 Å². The molecule has 0 saturated carbocycles. The van der Waals surface area contributed by atoms with Gasteiger partial charge in [0.1, 0.15) is 11.5 Å². The summed E-state index contributed by atoms with van der Waals surface area (Å²) >= 11 is 0. The summed E-state index contributed by atoms with van der Waals surface area (Å²) in [6.07, 6.45) is -4.68. The Kier molecular flexibility index (Phi) is 6.88. The molecule has 36 heavy (non-hydrogen) atoms. The number of fused-ring (bicyclic) bond motifs is 1. The molecule has 0 aliphatic carbocycles. The molecular weight excluding hydrogens is 481 g/mol. The number of imidazole rings is 1. The molecule has 0 aliphatic heterocycles. The van der Waals surface area contributed by atoms with Crippen LogP contribution in [0.1, 0.15) is 17.5 Å². The van der Waals surface area contributed by atoms with Crippen LogP contribution < -0.4 is 20.7 Å². The Balaban J connectivity index is 1.87. The smallest absolute Gasteiger partial charge is 0.425 e. The molecule has 0 unspecified atom stereocenters. The van der Waals surface area contributed by atoms with Crippen LogP contribution in [-0.2, 0) is 20.1 Å². The molecular formula is C24H23F3N4O5. The third kappa shape index (κ3) is 5.28. The minimum Gasteiger partial charge on any atom is -0.425 e. The van der Waals surface area contributed by atoms with E-state index in [4.69, 9.17) is 4.74 Å². The summed E-state index contributed by atoms with van der Waals surface area (Å²) in [7, 11) is 1.45. The van der Waals surface area contributed by atoms with Gasteiger partial charge in [-0.1, -0.05) is 35.9 Å². The summed E-state index contributed by atoms with van der Waals surface area (Å²) in [5, 5.41) is 9.18. The molecule has 0 spiro atoms. The van der Waals surface area contributed by atoms with Crippen molar-refractivity contribution in [2.24, 2.45) is 7.05 Å². The Hall–Kier alpha value is -4.06. The van der Waals surface area contributed by atoms with E-state index in [2.05, 4.69) is 9.72 Å². The molecule has 0 bridgehead atoms. The van der Waals surface area contributed by atoms with Crippen molar-refractivity contribution in [2.75, 3.05) is 6.61 Å². The fourth-order valence-corrected chi connectivity index (χ4v) is 3.72. The highest BCUT2D eigenvalue weighted by Gasteiger charge is 2.31. The van der Waals surface area contributed by atoms with Gasteiger partial charge in [-0.3, -0.25) is 18.5 Å². The first-order valence-electron chi connectivity index (χ1n) is 11.0. The van der Waals surface area contributed by atoms with Gasteiger partial charge in [0.2, 0.25) is 0 Å². The Morgan fingerprint density at radius 1 is 1.03 bits per heavy atom. The monoisotopic (exact) mass is 504 g/mol. The van der Waals surface area contributed by atoms with Crippen LogP contribution in [-0.4, -0.2) is 36.8 Å². The number of alkyl halides is 3. The number of nitrogens with zero attached hydrogens (tertiary/aromatic N) is 4.